The van der Waals surface area contributed by atoms with Gasteiger partial charge in [-0.1, -0.05) is 13.0 Å². The largest absolute Gasteiger partial charge is 0.389 e. The second-order valence-corrected chi connectivity index (χ2v) is 5.41. The lowest BCUT2D eigenvalue weighted by atomic mass is 10.0. The molecule has 0 bridgehead atoms. The second-order valence-electron chi connectivity index (χ2n) is 5.41. The molecule has 0 aliphatic heterocycles. The number of aliphatic hydroxyl groups is 1. The molecule has 3 unspecified atom stereocenters. The van der Waals surface area contributed by atoms with Gasteiger partial charge < -0.3 is 10.0 Å². The van der Waals surface area contributed by atoms with Gasteiger partial charge in [0.25, 0.3) is 0 Å². The lowest BCUT2D eigenvalue weighted by molar-refractivity contribution is 0.199. The van der Waals surface area contributed by atoms with E-state index in [1.165, 1.54) is 6.42 Å². The summed E-state index contributed by atoms with van der Waals surface area (Å²) in [5.74, 6) is 1.56. The van der Waals surface area contributed by atoms with Gasteiger partial charge in [-0.05, 0) is 37.3 Å². The maximum atomic E-state index is 9.81. The fourth-order valence-corrected chi connectivity index (χ4v) is 2.40. The van der Waals surface area contributed by atoms with Crippen LogP contribution in [0.2, 0.25) is 0 Å². The number of nitrogens with zero attached hydrogens (tertiary/aromatic N) is 2. The van der Waals surface area contributed by atoms with Crippen LogP contribution in [0.4, 0.5) is 5.69 Å². The Kier molecular flexibility index (Phi) is 3.58. The molecular formula is C15H20N2O. The Hall–Kier alpha value is -1.53. The van der Waals surface area contributed by atoms with Crippen molar-refractivity contribution in [3.8, 4) is 6.07 Å². The van der Waals surface area contributed by atoms with Crippen molar-refractivity contribution in [3.63, 3.8) is 0 Å². The highest BCUT2D eigenvalue weighted by molar-refractivity contribution is 5.58. The Morgan fingerprint density at radius 3 is 2.72 bits per heavy atom. The summed E-state index contributed by atoms with van der Waals surface area (Å²) in [7, 11) is 2.04. The molecular weight excluding hydrogens is 224 g/mol. The first-order valence-electron chi connectivity index (χ1n) is 6.46. The molecule has 1 aliphatic carbocycles. The topological polar surface area (TPSA) is 47.3 Å². The summed E-state index contributed by atoms with van der Waals surface area (Å²) in [6, 6.07) is 7.64. The second kappa shape index (κ2) is 4.99. The van der Waals surface area contributed by atoms with Gasteiger partial charge in [-0.15, -0.1) is 0 Å². The van der Waals surface area contributed by atoms with E-state index in [4.69, 9.17) is 5.26 Å². The van der Waals surface area contributed by atoms with Crippen LogP contribution in [0.1, 0.15) is 37.5 Å². The van der Waals surface area contributed by atoms with Crippen LogP contribution in [0.3, 0.4) is 0 Å². The molecule has 3 nitrogen and oxygen atoms in total. The highest BCUT2D eigenvalue weighted by atomic mass is 16.3. The summed E-state index contributed by atoms with van der Waals surface area (Å²) in [6.07, 6.45) is 0.776. The molecule has 1 aliphatic rings. The van der Waals surface area contributed by atoms with E-state index in [1.54, 1.807) is 13.0 Å². The predicted molar refractivity (Wildman–Crippen MR) is 72.3 cm³/mol. The summed E-state index contributed by atoms with van der Waals surface area (Å²) >= 11 is 0. The van der Waals surface area contributed by atoms with E-state index in [9.17, 15) is 5.11 Å². The van der Waals surface area contributed by atoms with Crippen molar-refractivity contribution in [1.29, 1.82) is 5.26 Å². The van der Waals surface area contributed by atoms with Crippen LogP contribution in [0.5, 0.6) is 0 Å². The molecule has 1 saturated carbocycles. The molecule has 1 fully saturated rings. The van der Waals surface area contributed by atoms with Crippen LogP contribution in [0.15, 0.2) is 18.2 Å². The third-order valence-electron chi connectivity index (χ3n) is 3.81. The van der Waals surface area contributed by atoms with Gasteiger partial charge in [0, 0.05) is 24.8 Å². The highest BCUT2D eigenvalue weighted by Crippen LogP contribution is 2.39. The third kappa shape index (κ3) is 2.65. The molecule has 0 radical (unpaired) electrons. The van der Waals surface area contributed by atoms with E-state index in [1.807, 2.05) is 19.2 Å². The Balaban J connectivity index is 2.25. The number of hydrogen-bond acceptors (Lipinski definition) is 3. The monoisotopic (exact) mass is 244 g/mol. The van der Waals surface area contributed by atoms with Crippen LogP contribution in [0.25, 0.3) is 0 Å². The number of benzene rings is 1. The van der Waals surface area contributed by atoms with Gasteiger partial charge in [-0.3, -0.25) is 0 Å². The lowest BCUT2D eigenvalue weighted by Crippen LogP contribution is -2.22. The molecule has 0 spiro atoms. The van der Waals surface area contributed by atoms with E-state index in [-0.39, 0.29) is 0 Å². The zero-order valence-electron chi connectivity index (χ0n) is 11.2. The van der Waals surface area contributed by atoms with Gasteiger partial charge in [-0.25, -0.2) is 0 Å². The first-order valence-corrected chi connectivity index (χ1v) is 6.46. The van der Waals surface area contributed by atoms with Crippen molar-refractivity contribution >= 4 is 5.69 Å². The van der Waals surface area contributed by atoms with Gasteiger partial charge in [-0.2, -0.15) is 5.26 Å². The standard InChI is InChI=1S/C15H20N2O/c1-10-6-13(10)9-17(3)15-7-12(8-16)4-5-14(15)11(2)18/h4-5,7,10-11,13,18H,6,9H2,1-3H3. The molecule has 1 aromatic carbocycles. The minimum absolute atomic E-state index is 0.508. The van der Waals surface area contributed by atoms with E-state index in [0.717, 1.165) is 29.6 Å². The fourth-order valence-electron chi connectivity index (χ4n) is 2.40. The maximum Gasteiger partial charge on any atom is 0.0992 e. The molecule has 0 saturated heterocycles. The van der Waals surface area contributed by atoms with Crippen molar-refractivity contribution in [2.45, 2.75) is 26.4 Å². The van der Waals surface area contributed by atoms with Crippen molar-refractivity contribution < 1.29 is 5.11 Å². The average molecular weight is 244 g/mol. The maximum absolute atomic E-state index is 9.81. The minimum Gasteiger partial charge on any atom is -0.389 e. The minimum atomic E-state index is -0.508. The van der Waals surface area contributed by atoms with Crippen LogP contribution in [-0.4, -0.2) is 18.7 Å². The van der Waals surface area contributed by atoms with Gasteiger partial charge in [0.15, 0.2) is 0 Å². The summed E-state index contributed by atoms with van der Waals surface area (Å²) in [4.78, 5) is 2.16. The van der Waals surface area contributed by atoms with Gasteiger partial charge in [0.2, 0.25) is 0 Å². The Morgan fingerprint density at radius 2 is 2.22 bits per heavy atom. The van der Waals surface area contributed by atoms with E-state index >= 15 is 0 Å². The predicted octanol–water partition coefficient (Wildman–Crippen LogP) is 2.70. The van der Waals surface area contributed by atoms with Crippen LogP contribution in [-0.2, 0) is 0 Å². The van der Waals surface area contributed by atoms with Crippen molar-refractivity contribution in [1.82, 2.24) is 0 Å². The zero-order valence-corrected chi connectivity index (χ0v) is 11.2. The number of aliphatic hydroxyl groups excluding tert-OH is 1. The number of rotatable bonds is 4. The molecule has 3 atom stereocenters. The molecule has 96 valence electrons. The van der Waals surface area contributed by atoms with Crippen molar-refractivity contribution in [2.24, 2.45) is 11.8 Å². The number of hydrogen-bond donors (Lipinski definition) is 1. The van der Waals surface area contributed by atoms with E-state index in [2.05, 4.69) is 17.9 Å². The molecule has 18 heavy (non-hydrogen) atoms. The first-order chi connectivity index (χ1) is 8.52. The van der Waals surface area contributed by atoms with E-state index < -0.39 is 6.10 Å². The van der Waals surface area contributed by atoms with Gasteiger partial charge >= 0.3 is 0 Å². The lowest BCUT2D eigenvalue weighted by Gasteiger charge is -2.24. The first kappa shape index (κ1) is 12.9. The van der Waals surface area contributed by atoms with Gasteiger partial charge in [0.1, 0.15) is 0 Å². The number of anilines is 1. The average Bonchev–Trinajstić information content (AvgIpc) is 3.03. The summed E-state index contributed by atoms with van der Waals surface area (Å²) in [5, 5.41) is 18.8. The fraction of sp³-hybridized carbons (Fsp3) is 0.533. The zero-order chi connectivity index (χ0) is 13.3. The van der Waals surface area contributed by atoms with Crippen LogP contribution >= 0.6 is 0 Å². The summed E-state index contributed by atoms with van der Waals surface area (Å²) < 4.78 is 0. The molecule has 0 heterocycles. The van der Waals surface area contributed by atoms with Gasteiger partial charge in [0.05, 0.1) is 17.7 Å². The van der Waals surface area contributed by atoms with Crippen LogP contribution < -0.4 is 4.90 Å². The van der Waals surface area contributed by atoms with Crippen molar-refractivity contribution in [2.75, 3.05) is 18.5 Å². The molecule has 1 N–H and O–H groups in total. The Bertz CT molecular complexity index is 476. The molecule has 2 rings (SSSR count). The highest BCUT2D eigenvalue weighted by Gasteiger charge is 2.33. The molecule has 0 amide bonds. The SMILES string of the molecule is CC(O)c1ccc(C#N)cc1N(C)CC1CC1C. The summed E-state index contributed by atoms with van der Waals surface area (Å²) in [6.45, 7) is 5.02. The third-order valence-corrected chi connectivity index (χ3v) is 3.81. The Morgan fingerprint density at radius 1 is 1.56 bits per heavy atom. The van der Waals surface area contributed by atoms with Crippen molar-refractivity contribution in [3.05, 3.63) is 29.3 Å². The normalized spacial score (nSPS) is 23.3. The molecule has 1 aromatic rings. The molecule has 0 aromatic heterocycles. The van der Waals surface area contributed by atoms with Crippen LogP contribution in [0, 0.1) is 23.2 Å². The number of nitriles is 1. The molecule has 3 heteroatoms. The summed E-state index contributed by atoms with van der Waals surface area (Å²) in [5.41, 5.74) is 2.51. The van der Waals surface area contributed by atoms with E-state index in [0.29, 0.717) is 5.56 Å². The quantitative estimate of drug-likeness (QED) is 0.885. The smallest absolute Gasteiger partial charge is 0.0992 e. The Labute approximate surface area is 109 Å².